The van der Waals surface area contributed by atoms with Crippen molar-refractivity contribution in [1.29, 1.82) is 0 Å². The highest BCUT2D eigenvalue weighted by molar-refractivity contribution is 5.43. The van der Waals surface area contributed by atoms with Gasteiger partial charge in [0, 0.05) is 19.6 Å². The largest absolute Gasteiger partial charge is 0.493 e. The fraction of sp³-hybridized carbons (Fsp3) is 0.467. The van der Waals surface area contributed by atoms with Crippen LogP contribution in [0.5, 0.6) is 11.5 Å². The third-order valence-corrected chi connectivity index (χ3v) is 3.10. The van der Waals surface area contributed by atoms with Crippen LogP contribution >= 0.6 is 0 Å². The van der Waals surface area contributed by atoms with Gasteiger partial charge in [0.25, 0.3) is 0 Å². The molecule has 0 bridgehead atoms. The zero-order valence-corrected chi connectivity index (χ0v) is 13.0. The summed E-state index contributed by atoms with van der Waals surface area (Å²) in [5.74, 6) is 2.19. The molecule has 2 rings (SSSR count). The van der Waals surface area contributed by atoms with Crippen molar-refractivity contribution in [1.82, 2.24) is 20.1 Å². The Balaban J connectivity index is 2.08. The molecule has 6 nitrogen and oxygen atoms in total. The van der Waals surface area contributed by atoms with Gasteiger partial charge in [0.15, 0.2) is 17.3 Å². The normalized spacial score (nSPS) is 10.9. The summed E-state index contributed by atoms with van der Waals surface area (Å²) in [7, 11) is 3.47. The first-order valence-corrected chi connectivity index (χ1v) is 6.96. The van der Waals surface area contributed by atoms with Gasteiger partial charge in [-0.1, -0.05) is 19.9 Å². The van der Waals surface area contributed by atoms with E-state index in [4.69, 9.17) is 9.47 Å². The Kier molecular flexibility index (Phi) is 5.16. The number of benzene rings is 1. The zero-order chi connectivity index (χ0) is 15.2. The van der Waals surface area contributed by atoms with Gasteiger partial charge in [-0.25, -0.2) is 4.98 Å². The minimum atomic E-state index is 0.355. The Hall–Kier alpha value is -2.08. The Bertz CT molecular complexity index is 581. The molecule has 1 N–H and O–H groups in total. The number of rotatable bonds is 7. The Morgan fingerprint density at radius 1 is 1.29 bits per heavy atom. The maximum absolute atomic E-state index is 5.82. The second kappa shape index (κ2) is 7.08. The summed E-state index contributed by atoms with van der Waals surface area (Å²) in [6, 6.07) is 6.38. The van der Waals surface area contributed by atoms with E-state index in [1.807, 2.05) is 25.2 Å². The number of methoxy groups -OCH3 is 1. The van der Waals surface area contributed by atoms with E-state index in [2.05, 4.69) is 29.2 Å². The molecule has 0 aliphatic heterocycles. The molecule has 1 aromatic heterocycles. The summed E-state index contributed by atoms with van der Waals surface area (Å²) < 4.78 is 12.9. The van der Waals surface area contributed by atoms with Crippen LogP contribution in [0.1, 0.15) is 25.2 Å². The van der Waals surface area contributed by atoms with Crippen LogP contribution in [-0.4, -0.2) is 27.9 Å². The minimum absolute atomic E-state index is 0.355. The van der Waals surface area contributed by atoms with Crippen molar-refractivity contribution in [2.75, 3.05) is 7.11 Å². The van der Waals surface area contributed by atoms with Crippen molar-refractivity contribution in [2.24, 2.45) is 7.05 Å². The number of nitrogens with one attached hydrogen (secondary N) is 1. The second-order valence-corrected chi connectivity index (χ2v) is 5.11. The summed E-state index contributed by atoms with van der Waals surface area (Å²) >= 11 is 0. The van der Waals surface area contributed by atoms with Gasteiger partial charge in [-0.2, -0.15) is 5.10 Å². The van der Waals surface area contributed by atoms with Gasteiger partial charge in [0.2, 0.25) is 0 Å². The molecule has 0 aliphatic carbocycles. The van der Waals surface area contributed by atoms with E-state index in [0.717, 1.165) is 17.9 Å². The fourth-order valence-electron chi connectivity index (χ4n) is 1.86. The van der Waals surface area contributed by atoms with E-state index in [-0.39, 0.29) is 0 Å². The van der Waals surface area contributed by atoms with Crippen LogP contribution in [0, 0.1) is 0 Å². The highest BCUT2D eigenvalue weighted by atomic mass is 16.5. The van der Waals surface area contributed by atoms with Crippen LogP contribution in [0.25, 0.3) is 0 Å². The number of aryl methyl sites for hydroxylation is 1. The molecule has 0 amide bonds. The van der Waals surface area contributed by atoms with Gasteiger partial charge in [-0.3, -0.25) is 4.68 Å². The minimum Gasteiger partial charge on any atom is -0.493 e. The molecule has 2 aromatic rings. The molecule has 1 heterocycles. The first kappa shape index (κ1) is 15.3. The maximum atomic E-state index is 5.82. The fourth-order valence-corrected chi connectivity index (χ4v) is 1.86. The predicted octanol–water partition coefficient (Wildman–Crippen LogP) is 1.90. The lowest BCUT2D eigenvalue weighted by Crippen LogP contribution is -2.21. The molecule has 0 aliphatic rings. The maximum Gasteiger partial charge on any atom is 0.164 e. The second-order valence-electron chi connectivity index (χ2n) is 5.11. The summed E-state index contributed by atoms with van der Waals surface area (Å²) in [6.07, 6.45) is 1.51. The van der Waals surface area contributed by atoms with Crippen molar-refractivity contribution < 1.29 is 9.47 Å². The summed E-state index contributed by atoms with van der Waals surface area (Å²) in [4.78, 5) is 4.14. The first-order valence-electron chi connectivity index (χ1n) is 6.96. The zero-order valence-electron chi connectivity index (χ0n) is 13.0. The highest BCUT2D eigenvalue weighted by Gasteiger charge is 2.08. The lowest BCUT2D eigenvalue weighted by molar-refractivity contribution is 0.271. The molecule has 21 heavy (non-hydrogen) atoms. The van der Waals surface area contributed by atoms with Crippen LogP contribution in [-0.2, 0) is 20.2 Å². The SMILES string of the molecule is COc1ccc(CNC(C)C)cc1OCc1ncnn1C. The van der Waals surface area contributed by atoms with Gasteiger partial charge in [-0.05, 0) is 17.7 Å². The Morgan fingerprint density at radius 2 is 2.10 bits per heavy atom. The van der Waals surface area contributed by atoms with E-state index in [1.165, 1.54) is 6.33 Å². The van der Waals surface area contributed by atoms with Crippen molar-refractivity contribution in [2.45, 2.75) is 33.0 Å². The average Bonchev–Trinajstić information content (AvgIpc) is 2.88. The molecule has 0 saturated carbocycles. The Morgan fingerprint density at radius 3 is 2.71 bits per heavy atom. The van der Waals surface area contributed by atoms with Crippen LogP contribution in [0.15, 0.2) is 24.5 Å². The van der Waals surface area contributed by atoms with Gasteiger partial charge in [0.05, 0.1) is 7.11 Å². The molecule has 0 spiro atoms. The average molecular weight is 290 g/mol. The van der Waals surface area contributed by atoms with Crippen molar-refractivity contribution >= 4 is 0 Å². The van der Waals surface area contributed by atoms with Crippen molar-refractivity contribution in [3.63, 3.8) is 0 Å². The molecule has 0 fully saturated rings. The van der Waals surface area contributed by atoms with Gasteiger partial charge in [0.1, 0.15) is 12.9 Å². The van der Waals surface area contributed by atoms with Gasteiger partial charge < -0.3 is 14.8 Å². The van der Waals surface area contributed by atoms with E-state index >= 15 is 0 Å². The van der Waals surface area contributed by atoms with Crippen LogP contribution < -0.4 is 14.8 Å². The standard InChI is InChI=1S/C15H22N4O2/c1-11(2)16-8-12-5-6-13(20-4)14(7-12)21-9-15-17-10-18-19(15)3/h5-7,10-11,16H,8-9H2,1-4H3. The third-order valence-electron chi connectivity index (χ3n) is 3.10. The summed E-state index contributed by atoms with van der Waals surface area (Å²) in [6.45, 7) is 5.39. The highest BCUT2D eigenvalue weighted by Crippen LogP contribution is 2.28. The molecular weight excluding hydrogens is 268 g/mol. The number of nitrogens with zero attached hydrogens (tertiary/aromatic N) is 3. The quantitative estimate of drug-likeness (QED) is 0.844. The summed E-state index contributed by atoms with van der Waals surface area (Å²) in [5.41, 5.74) is 1.15. The topological polar surface area (TPSA) is 61.2 Å². The third kappa shape index (κ3) is 4.19. The first-order chi connectivity index (χ1) is 10.1. The number of hydrogen-bond donors (Lipinski definition) is 1. The van der Waals surface area contributed by atoms with Crippen LogP contribution in [0.3, 0.4) is 0 Å². The Labute approximate surface area is 125 Å². The van der Waals surface area contributed by atoms with E-state index in [9.17, 15) is 0 Å². The van der Waals surface area contributed by atoms with Crippen molar-refractivity contribution in [3.8, 4) is 11.5 Å². The number of hydrogen-bond acceptors (Lipinski definition) is 5. The lowest BCUT2D eigenvalue weighted by Gasteiger charge is -2.13. The van der Waals surface area contributed by atoms with Gasteiger partial charge in [-0.15, -0.1) is 0 Å². The number of aromatic nitrogens is 3. The summed E-state index contributed by atoms with van der Waals surface area (Å²) in [5, 5.41) is 7.40. The molecule has 114 valence electrons. The van der Waals surface area contributed by atoms with E-state index < -0.39 is 0 Å². The van der Waals surface area contributed by atoms with Crippen molar-refractivity contribution in [3.05, 3.63) is 35.9 Å². The molecule has 0 unspecified atom stereocenters. The van der Waals surface area contributed by atoms with E-state index in [0.29, 0.717) is 24.1 Å². The molecular formula is C15H22N4O2. The molecule has 1 aromatic carbocycles. The smallest absolute Gasteiger partial charge is 0.164 e. The molecule has 0 saturated heterocycles. The lowest BCUT2D eigenvalue weighted by atomic mass is 10.2. The molecule has 6 heteroatoms. The monoisotopic (exact) mass is 290 g/mol. The van der Waals surface area contributed by atoms with E-state index in [1.54, 1.807) is 11.8 Å². The van der Waals surface area contributed by atoms with Crippen LogP contribution in [0.4, 0.5) is 0 Å². The molecule has 0 atom stereocenters. The molecule has 0 radical (unpaired) electrons. The predicted molar refractivity (Wildman–Crippen MR) is 80.3 cm³/mol. The van der Waals surface area contributed by atoms with Gasteiger partial charge >= 0.3 is 0 Å². The van der Waals surface area contributed by atoms with Crippen LogP contribution in [0.2, 0.25) is 0 Å². The number of ether oxygens (including phenoxy) is 2.